The van der Waals surface area contributed by atoms with Crippen LogP contribution < -0.4 is 0 Å². The largest absolute Gasteiger partial charge is 0.390 e. The van der Waals surface area contributed by atoms with E-state index in [-0.39, 0.29) is 9.26 Å². The summed E-state index contributed by atoms with van der Waals surface area (Å²) < 4.78 is 25.0. The summed E-state index contributed by atoms with van der Waals surface area (Å²) >= 11 is 1.51. The SMILES string of the molecule is O=[N+]([O-])c1cnc(CO)c(I)c1C(F)F. The van der Waals surface area contributed by atoms with Crippen molar-refractivity contribution in [3.05, 3.63) is 31.1 Å². The number of hydrogen-bond donors (Lipinski definition) is 1. The van der Waals surface area contributed by atoms with E-state index in [0.717, 1.165) is 6.20 Å². The van der Waals surface area contributed by atoms with E-state index in [2.05, 4.69) is 4.98 Å². The summed E-state index contributed by atoms with van der Waals surface area (Å²) in [6, 6.07) is 0. The second-order valence-electron chi connectivity index (χ2n) is 2.53. The normalized spacial score (nSPS) is 10.7. The monoisotopic (exact) mass is 330 g/mol. The number of alkyl halides is 2. The van der Waals surface area contributed by atoms with Gasteiger partial charge in [0, 0.05) is 0 Å². The van der Waals surface area contributed by atoms with Gasteiger partial charge in [-0.05, 0) is 22.6 Å². The van der Waals surface area contributed by atoms with Crippen LogP contribution in [0, 0.1) is 13.7 Å². The molecular weight excluding hydrogens is 325 g/mol. The van der Waals surface area contributed by atoms with E-state index in [1.54, 1.807) is 0 Å². The van der Waals surface area contributed by atoms with E-state index >= 15 is 0 Å². The summed E-state index contributed by atoms with van der Waals surface area (Å²) in [7, 11) is 0. The number of nitro groups is 1. The van der Waals surface area contributed by atoms with E-state index in [1.165, 1.54) is 22.6 Å². The standard InChI is InChI=1S/C7H5F2IN2O3/c8-7(9)5-4(12(14)15)1-11-3(2-13)6(5)10/h1,7,13H,2H2. The molecule has 0 unspecified atom stereocenters. The second kappa shape index (κ2) is 4.75. The van der Waals surface area contributed by atoms with Gasteiger partial charge in [0.25, 0.3) is 12.1 Å². The van der Waals surface area contributed by atoms with Gasteiger partial charge in [0.1, 0.15) is 11.8 Å². The molecule has 0 amide bonds. The van der Waals surface area contributed by atoms with Crippen LogP contribution in [0.3, 0.4) is 0 Å². The summed E-state index contributed by atoms with van der Waals surface area (Å²) in [5.74, 6) is 0. The van der Waals surface area contributed by atoms with E-state index in [0.29, 0.717) is 0 Å². The Labute approximate surface area is 96.4 Å². The number of halogens is 3. The predicted octanol–water partition coefficient (Wildman–Crippen LogP) is 2.02. The Kier molecular flexibility index (Phi) is 3.85. The Bertz CT molecular complexity index is 400. The molecule has 1 heterocycles. The molecule has 1 aromatic heterocycles. The Morgan fingerprint density at radius 1 is 1.67 bits per heavy atom. The molecule has 0 fully saturated rings. The third-order valence-corrected chi connectivity index (χ3v) is 2.88. The fourth-order valence-electron chi connectivity index (χ4n) is 0.996. The minimum atomic E-state index is -2.97. The third-order valence-electron chi connectivity index (χ3n) is 1.67. The molecule has 1 N–H and O–H groups in total. The quantitative estimate of drug-likeness (QED) is 0.523. The van der Waals surface area contributed by atoms with Gasteiger partial charge in [-0.25, -0.2) is 8.78 Å². The lowest BCUT2D eigenvalue weighted by Crippen LogP contribution is -2.04. The number of hydrogen-bond acceptors (Lipinski definition) is 4. The zero-order valence-electron chi connectivity index (χ0n) is 7.15. The molecule has 0 aliphatic rings. The average Bonchev–Trinajstić information content (AvgIpc) is 2.16. The third kappa shape index (κ3) is 2.37. The summed E-state index contributed by atoms with van der Waals surface area (Å²) in [5.41, 5.74) is -1.41. The smallest absolute Gasteiger partial charge is 0.297 e. The number of pyridine rings is 1. The molecule has 8 heteroatoms. The maximum absolute atomic E-state index is 12.5. The summed E-state index contributed by atoms with van der Waals surface area (Å²) in [4.78, 5) is 13.1. The van der Waals surface area contributed by atoms with Crippen LogP contribution in [0.2, 0.25) is 0 Å². The highest BCUT2D eigenvalue weighted by Gasteiger charge is 2.27. The van der Waals surface area contributed by atoms with Crippen molar-refractivity contribution < 1.29 is 18.8 Å². The minimum absolute atomic E-state index is 0.0106. The Morgan fingerprint density at radius 3 is 2.67 bits per heavy atom. The lowest BCUT2D eigenvalue weighted by molar-refractivity contribution is -0.386. The Balaban J connectivity index is 3.44. The van der Waals surface area contributed by atoms with Gasteiger partial charge < -0.3 is 5.11 Å². The first kappa shape index (κ1) is 12.2. The van der Waals surface area contributed by atoms with Gasteiger partial charge in [-0.15, -0.1) is 0 Å². The van der Waals surface area contributed by atoms with Gasteiger partial charge in [-0.2, -0.15) is 0 Å². The minimum Gasteiger partial charge on any atom is -0.390 e. The fraction of sp³-hybridized carbons (Fsp3) is 0.286. The molecule has 5 nitrogen and oxygen atoms in total. The molecule has 0 aliphatic carbocycles. The maximum Gasteiger partial charge on any atom is 0.297 e. The summed E-state index contributed by atoms with van der Waals surface area (Å²) in [6.07, 6.45) is -2.24. The zero-order valence-corrected chi connectivity index (χ0v) is 9.31. The molecule has 0 aliphatic heterocycles. The van der Waals surface area contributed by atoms with Gasteiger partial charge in [-0.1, -0.05) is 0 Å². The number of aromatic nitrogens is 1. The molecule has 0 aromatic carbocycles. The van der Waals surface area contributed by atoms with Gasteiger partial charge in [0.15, 0.2) is 0 Å². The van der Waals surface area contributed by atoms with Crippen molar-refractivity contribution in [2.24, 2.45) is 0 Å². The number of nitrogens with zero attached hydrogens (tertiary/aromatic N) is 2. The highest BCUT2D eigenvalue weighted by atomic mass is 127. The first-order chi connectivity index (χ1) is 6.99. The van der Waals surface area contributed by atoms with Crippen LogP contribution in [-0.2, 0) is 6.61 Å². The van der Waals surface area contributed by atoms with Crippen molar-refractivity contribution in [2.75, 3.05) is 0 Å². The zero-order chi connectivity index (χ0) is 11.6. The summed E-state index contributed by atoms with van der Waals surface area (Å²) in [5, 5.41) is 19.2. The fourth-order valence-corrected chi connectivity index (χ4v) is 1.82. The van der Waals surface area contributed by atoms with E-state index in [1.807, 2.05) is 0 Å². The van der Waals surface area contributed by atoms with E-state index < -0.39 is 29.2 Å². The first-order valence-corrected chi connectivity index (χ1v) is 4.77. The highest BCUT2D eigenvalue weighted by molar-refractivity contribution is 14.1. The number of rotatable bonds is 3. The molecule has 0 spiro atoms. The van der Waals surface area contributed by atoms with E-state index in [9.17, 15) is 18.9 Å². The second-order valence-corrected chi connectivity index (χ2v) is 3.61. The van der Waals surface area contributed by atoms with Crippen LogP contribution in [0.1, 0.15) is 17.7 Å². The molecule has 0 radical (unpaired) electrons. The highest BCUT2D eigenvalue weighted by Crippen LogP contribution is 2.33. The molecule has 0 atom stereocenters. The average molecular weight is 330 g/mol. The van der Waals surface area contributed by atoms with Crippen molar-refractivity contribution in [3.63, 3.8) is 0 Å². The van der Waals surface area contributed by atoms with E-state index in [4.69, 9.17) is 5.11 Å². The predicted molar refractivity (Wildman–Crippen MR) is 54.5 cm³/mol. The van der Waals surface area contributed by atoms with Crippen LogP contribution in [0.4, 0.5) is 14.5 Å². The molecule has 0 saturated carbocycles. The van der Waals surface area contributed by atoms with Gasteiger partial charge in [0.05, 0.1) is 20.8 Å². The van der Waals surface area contributed by atoms with Crippen LogP contribution in [0.5, 0.6) is 0 Å². The molecular formula is C7H5F2IN2O3. The lowest BCUT2D eigenvalue weighted by Gasteiger charge is -2.06. The Hall–Kier alpha value is -0.900. The van der Waals surface area contributed by atoms with Crippen LogP contribution in [-0.4, -0.2) is 15.0 Å². The molecule has 82 valence electrons. The molecule has 1 aromatic rings. The molecule has 0 bridgehead atoms. The molecule has 15 heavy (non-hydrogen) atoms. The van der Waals surface area contributed by atoms with Crippen molar-refractivity contribution in [3.8, 4) is 0 Å². The van der Waals surface area contributed by atoms with Gasteiger partial charge in [-0.3, -0.25) is 15.1 Å². The van der Waals surface area contributed by atoms with Gasteiger partial charge >= 0.3 is 0 Å². The lowest BCUT2D eigenvalue weighted by atomic mass is 10.2. The molecule has 0 saturated heterocycles. The van der Waals surface area contributed by atoms with Crippen LogP contribution in [0.15, 0.2) is 6.20 Å². The topological polar surface area (TPSA) is 76.3 Å². The molecule has 1 rings (SSSR count). The number of aliphatic hydroxyl groups is 1. The maximum atomic E-state index is 12.5. The Morgan fingerprint density at radius 2 is 2.27 bits per heavy atom. The first-order valence-electron chi connectivity index (χ1n) is 3.69. The summed E-state index contributed by atoms with van der Waals surface area (Å²) in [6.45, 7) is -0.532. The number of aliphatic hydroxyl groups excluding tert-OH is 1. The van der Waals surface area contributed by atoms with Crippen molar-refractivity contribution >= 4 is 28.3 Å². The van der Waals surface area contributed by atoms with Crippen LogP contribution in [0.25, 0.3) is 0 Å². The van der Waals surface area contributed by atoms with Crippen LogP contribution >= 0.6 is 22.6 Å². The van der Waals surface area contributed by atoms with Gasteiger partial charge in [0.2, 0.25) is 0 Å². The van der Waals surface area contributed by atoms with Crippen molar-refractivity contribution in [2.45, 2.75) is 13.0 Å². The van der Waals surface area contributed by atoms with Crippen molar-refractivity contribution in [1.82, 2.24) is 4.98 Å². The van der Waals surface area contributed by atoms with Crippen molar-refractivity contribution in [1.29, 1.82) is 0 Å².